The summed E-state index contributed by atoms with van der Waals surface area (Å²) < 4.78 is 37.9. The first-order chi connectivity index (χ1) is 13.6. The number of ether oxygens (including phenoxy) is 2. The van der Waals surface area contributed by atoms with Crippen LogP contribution in [-0.2, 0) is 14.8 Å². The topological polar surface area (TPSA) is 59.1 Å². The molecule has 0 aliphatic carbocycles. The Labute approximate surface area is 166 Å². The number of fused-ring (bicyclic) bond motifs is 1. The SMILES string of the molecule is CC1CN(CCOc2ccc(S(=O)(=O)N3CCOCC3)cc2)c2ccccc21. The number of para-hydroxylation sites is 1. The normalized spacial score (nSPS) is 20.2. The first kappa shape index (κ1) is 19.2. The second-order valence-corrected chi connectivity index (χ2v) is 9.18. The molecule has 4 rings (SSSR count). The van der Waals surface area contributed by atoms with E-state index in [4.69, 9.17) is 9.47 Å². The summed E-state index contributed by atoms with van der Waals surface area (Å²) in [4.78, 5) is 2.64. The number of hydrogen-bond acceptors (Lipinski definition) is 5. The van der Waals surface area contributed by atoms with Gasteiger partial charge in [-0.05, 0) is 35.9 Å². The summed E-state index contributed by atoms with van der Waals surface area (Å²) >= 11 is 0. The Morgan fingerprint density at radius 2 is 1.79 bits per heavy atom. The van der Waals surface area contributed by atoms with Gasteiger partial charge in [0.2, 0.25) is 10.0 Å². The fraction of sp³-hybridized carbons (Fsp3) is 0.429. The number of rotatable bonds is 6. The summed E-state index contributed by atoms with van der Waals surface area (Å²) in [5.41, 5.74) is 2.67. The van der Waals surface area contributed by atoms with Crippen LogP contribution in [0.4, 0.5) is 5.69 Å². The van der Waals surface area contributed by atoms with E-state index in [-0.39, 0.29) is 0 Å². The molecule has 2 aromatic carbocycles. The summed E-state index contributed by atoms with van der Waals surface area (Å²) in [7, 11) is -3.46. The van der Waals surface area contributed by atoms with Crippen LogP contribution < -0.4 is 9.64 Å². The molecule has 1 saturated heterocycles. The van der Waals surface area contributed by atoms with Crippen molar-refractivity contribution in [2.75, 3.05) is 50.9 Å². The fourth-order valence-corrected chi connectivity index (χ4v) is 5.26. The predicted octanol–water partition coefficient (Wildman–Crippen LogP) is 2.71. The van der Waals surface area contributed by atoms with Gasteiger partial charge in [-0.2, -0.15) is 4.31 Å². The number of sulfonamides is 1. The highest BCUT2D eigenvalue weighted by Crippen LogP contribution is 2.35. The summed E-state index contributed by atoms with van der Waals surface area (Å²) in [5, 5.41) is 0. The zero-order valence-corrected chi connectivity index (χ0v) is 16.9. The molecule has 2 heterocycles. The second-order valence-electron chi connectivity index (χ2n) is 7.24. The third-order valence-electron chi connectivity index (χ3n) is 5.36. The van der Waals surface area contributed by atoms with Crippen molar-refractivity contribution >= 4 is 15.7 Å². The molecule has 150 valence electrons. The van der Waals surface area contributed by atoms with E-state index in [1.807, 2.05) is 0 Å². The van der Waals surface area contributed by atoms with E-state index in [1.54, 1.807) is 24.3 Å². The molecule has 2 aliphatic rings. The molecule has 0 radical (unpaired) electrons. The minimum atomic E-state index is -3.46. The molecule has 0 bridgehead atoms. The molecule has 0 N–H and O–H groups in total. The minimum absolute atomic E-state index is 0.295. The molecule has 0 amide bonds. The maximum atomic E-state index is 12.7. The molecule has 0 aromatic heterocycles. The average Bonchev–Trinajstić information content (AvgIpc) is 3.05. The summed E-state index contributed by atoms with van der Waals surface area (Å²) in [5.74, 6) is 1.21. The van der Waals surface area contributed by atoms with Crippen molar-refractivity contribution < 1.29 is 17.9 Å². The van der Waals surface area contributed by atoms with Crippen molar-refractivity contribution in [3.63, 3.8) is 0 Å². The van der Waals surface area contributed by atoms with E-state index in [2.05, 4.69) is 36.1 Å². The van der Waals surface area contributed by atoms with Gasteiger partial charge in [0.15, 0.2) is 0 Å². The Morgan fingerprint density at radius 3 is 2.54 bits per heavy atom. The van der Waals surface area contributed by atoms with Crippen LogP contribution in [0, 0.1) is 0 Å². The molecule has 0 spiro atoms. The van der Waals surface area contributed by atoms with E-state index in [1.165, 1.54) is 15.6 Å². The lowest BCUT2D eigenvalue weighted by Crippen LogP contribution is -2.40. The van der Waals surface area contributed by atoms with Crippen LogP contribution in [0.15, 0.2) is 53.4 Å². The average molecular weight is 403 g/mol. The Bertz CT molecular complexity index is 908. The summed E-state index contributed by atoms with van der Waals surface area (Å²) in [6.45, 7) is 6.28. The number of morpholine rings is 1. The van der Waals surface area contributed by atoms with Crippen molar-refractivity contribution in [3.05, 3.63) is 54.1 Å². The van der Waals surface area contributed by atoms with Crippen molar-refractivity contribution in [2.45, 2.75) is 17.7 Å². The van der Waals surface area contributed by atoms with Gasteiger partial charge in [0.25, 0.3) is 0 Å². The lowest BCUT2D eigenvalue weighted by atomic mass is 10.0. The molecule has 28 heavy (non-hydrogen) atoms. The fourth-order valence-electron chi connectivity index (χ4n) is 3.85. The maximum absolute atomic E-state index is 12.7. The van der Waals surface area contributed by atoms with E-state index < -0.39 is 10.0 Å². The Balaban J connectivity index is 1.34. The van der Waals surface area contributed by atoms with Crippen molar-refractivity contribution in [3.8, 4) is 5.75 Å². The van der Waals surface area contributed by atoms with Gasteiger partial charge in [-0.15, -0.1) is 0 Å². The monoisotopic (exact) mass is 402 g/mol. The maximum Gasteiger partial charge on any atom is 0.243 e. The summed E-state index contributed by atoms with van der Waals surface area (Å²) in [6, 6.07) is 15.2. The highest BCUT2D eigenvalue weighted by atomic mass is 32.2. The van der Waals surface area contributed by atoms with Gasteiger partial charge in [-0.25, -0.2) is 8.42 Å². The predicted molar refractivity (Wildman–Crippen MR) is 109 cm³/mol. The molecular formula is C21H26N2O4S. The van der Waals surface area contributed by atoms with Crippen LogP contribution in [0.25, 0.3) is 0 Å². The van der Waals surface area contributed by atoms with E-state index in [9.17, 15) is 8.42 Å². The second kappa shape index (κ2) is 8.11. The Morgan fingerprint density at radius 1 is 1.07 bits per heavy atom. The van der Waals surface area contributed by atoms with Crippen molar-refractivity contribution in [1.29, 1.82) is 0 Å². The quantitative estimate of drug-likeness (QED) is 0.744. The molecule has 1 atom stereocenters. The van der Waals surface area contributed by atoms with Crippen LogP contribution in [-0.4, -0.2) is 58.7 Å². The molecule has 2 aliphatic heterocycles. The Kier molecular flexibility index (Phi) is 5.57. The zero-order valence-electron chi connectivity index (χ0n) is 16.1. The minimum Gasteiger partial charge on any atom is -0.492 e. The molecule has 1 fully saturated rings. The van der Waals surface area contributed by atoms with Crippen LogP contribution in [0.5, 0.6) is 5.75 Å². The highest BCUT2D eigenvalue weighted by molar-refractivity contribution is 7.89. The zero-order chi connectivity index (χ0) is 19.6. The van der Waals surface area contributed by atoms with Crippen LogP contribution in [0.3, 0.4) is 0 Å². The smallest absolute Gasteiger partial charge is 0.243 e. The van der Waals surface area contributed by atoms with Gasteiger partial charge >= 0.3 is 0 Å². The molecule has 1 unspecified atom stereocenters. The lowest BCUT2D eigenvalue weighted by Gasteiger charge is -2.26. The first-order valence-corrected chi connectivity index (χ1v) is 11.1. The molecule has 2 aromatic rings. The van der Waals surface area contributed by atoms with Crippen LogP contribution >= 0.6 is 0 Å². The lowest BCUT2D eigenvalue weighted by molar-refractivity contribution is 0.0730. The Hall–Kier alpha value is -2.09. The van der Waals surface area contributed by atoms with Gasteiger partial charge in [-0.1, -0.05) is 25.1 Å². The van der Waals surface area contributed by atoms with Crippen LogP contribution in [0.2, 0.25) is 0 Å². The number of anilines is 1. The van der Waals surface area contributed by atoms with E-state index in [0.29, 0.717) is 49.5 Å². The van der Waals surface area contributed by atoms with E-state index in [0.717, 1.165) is 13.1 Å². The third kappa shape index (κ3) is 3.87. The molecular weight excluding hydrogens is 376 g/mol. The van der Waals surface area contributed by atoms with Gasteiger partial charge < -0.3 is 14.4 Å². The molecule has 0 saturated carbocycles. The molecule has 7 heteroatoms. The third-order valence-corrected chi connectivity index (χ3v) is 7.28. The van der Waals surface area contributed by atoms with Crippen LogP contribution in [0.1, 0.15) is 18.4 Å². The molecule has 6 nitrogen and oxygen atoms in total. The largest absolute Gasteiger partial charge is 0.492 e. The number of hydrogen-bond donors (Lipinski definition) is 0. The van der Waals surface area contributed by atoms with Gasteiger partial charge in [0.05, 0.1) is 24.7 Å². The summed E-state index contributed by atoms with van der Waals surface area (Å²) in [6.07, 6.45) is 0. The number of nitrogens with zero attached hydrogens (tertiary/aromatic N) is 2. The van der Waals surface area contributed by atoms with Crippen molar-refractivity contribution in [2.24, 2.45) is 0 Å². The van der Waals surface area contributed by atoms with Gasteiger partial charge in [0, 0.05) is 31.2 Å². The first-order valence-electron chi connectivity index (χ1n) is 9.70. The standard InChI is InChI=1S/C21H26N2O4S/c1-17-16-22(21-5-3-2-4-20(17)21)10-15-27-18-6-8-19(9-7-18)28(24,25)23-11-13-26-14-12-23/h2-9,17H,10-16H2,1H3. The van der Waals surface area contributed by atoms with Gasteiger partial charge in [0.1, 0.15) is 12.4 Å². The van der Waals surface area contributed by atoms with Crippen molar-refractivity contribution in [1.82, 2.24) is 4.31 Å². The highest BCUT2D eigenvalue weighted by Gasteiger charge is 2.26. The van der Waals surface area contributed by atoms with E-state index >= 15 is 0 Å². The number of benzene rings is 2. The van der Waals surface area contributed by atoms with Gasteiger partial charge in [-0.3, -0.25) is 0 Å².